The molecule has 2 saturated heterocycles. The molecule has 2 aliphatic heterocycles. The number of benzene rings is 1. The van der Waals surface area contributed by atoms with E-state index < -0.39 is 0 Å². The molecule has 0 unspecified atom stereocenters. The maximum atomic E-state index is 12.7. The molecule has 6 heteroatoms. The highest BCUT2D eigenvalue weighted by atomic mass is 16.5. The van der Waals surface area contributed by atoms with Crippen LogP contribution in [-0.2, 0) is 22.6 Å². The van der Waals surface area contributed by atoms with Crippen molar-refractivity contribution in [2.75, 3.05) is 6.61 Å². The van der Waals surface area contributed by atoms with Gasteiger partial charge in [0, 0.05) is 37.0 Å². The number of amides is 1. The van der Waals surface area contributed by atoms with Crippen LogP contribution in [0, 0.1) is 0 Å². The summed E-state index contributed by atoms with van der Waals surface area (Å²) in [5.74, 6) is 0.173. The number of ether oxygens (including phenoxy) is 1. The number of fused-ring (bicyclic) bond motifs is 1. The molecule has 0 radical (unpaired) electrons. The van der Waals surface area contributed by atoms with Gasteiger partial charge in [0.25, 0.3) is 0 Å². The van der Waals surface area contributed by atoms with Gasteiger partial charge in [0.05, 0.1) is 24.9 Å². The van der Waals surface area contributed by atoms with Gasteiger partial charge in [-0.25, -0.2) is 0 Å². The molecule has 0 bridgehead atoms. The molecule has 3 aliphatic rings. The van der Waals surface area contributed by atoms with Gasteiger partial charge in [-0.15, -0.1) is 0 Å². The lowest BCUT2D eigenvalue weighted by Crippen LogP contribution is -2.46. The molecular formula is C21H26N4O2. The summed E-state index contributed by atoms with van der Waals surface area (Å²) in [6.07, 6.45) is 8.28. The minimum Gasteiger partial charge on any atom is -0.376 e. The lowest BCUT2D eigenvalue weighted by atomic mass is 10.1. The zero-order chi connectivity index (χ0) is 18.2. The fraction of sp³-hybridized carbons (Fsp3) is 0.524. The van der Waals surface area contributed by atoms with Crippen molar-refractivity contribution in [2.24, 2.45) is 0 Å². The van der Waals surface area contributed by atoms with Crippen LogP contribution < -0.4 is 5.32 Å². The molecule has 6 nitrogen and oxygen atoms in total. The lowest BCUT2D eigenvalue weighted by molar-refractivity contribution is -0.126. The third-order valence-electron chi connectivity index (χ3n) is 5.92. The van der Waals surface area contributed by atoms with Crippen molar-refractivity contribution in [3.8, 4) is 0 Å². The standard InChI is InChI=1S/C21H26N4O2/c26-21(23-17-6-7-17)19-10-20-18(8-9-27-20)25(19)14-16-11-22-24(13-16)12-15-4-2-1-3-5-15/h1-5,11,13,17-20H,6-10,12,14H2,(H,23,26)/t18-,19-,20-/m0/s1. The zero-order valence-electron chi connectivity index (χ0n) is 15.5. The molecule has 27 heavy (non-hydrogen) atoms. The second-order valence-corrected chi connectivity index (χ2v) is 8.00. The molecule has 1 aromatic heterocycles. The number of carbonyl (C=O) groups excluding carboxylic acids is 1. The molecule has 3 atom stereocenters. The summed E-state index contributed by atoms with van der Waals surface area (Å²) in [6.45, 7) is 2.32. The van der Waals surface area contributed by atoms with Gasteiger partial charge >= 0.3 is 0 Å². The highest BCUT2D eigenvalue weighted by Gasteiger charge is 2.48. The van der Waals surface area contributed by atoms with Crippen molar-refractivity contribution in [3.05, 3.63) is 53.9 Å². The maximum Gasteiger partial charge on any atom is 0.237 e. The third-order valence-corrected chi connectivity index (χ3v) is 5.92. The normalized spacial score (nSPS) is 27.6. The Kier molecular flexibility index (Phi) is 4.45. The average molecular weight is 366 g/mol. The van der Waals surface area contributed by atoms with Gasteiger partial charge in [-0.3, -0.25) is 14.4 Å². The second kappa shape index (κ2) is 7.09. The van der Waals surface area contributed by atoms with Crippen LogP contribution in [0.15, 0.2) is 42.7 Å². The topological polar surface area (TPSA) is 59.4 Å². The summed E-state index contributed by atoms with van der Waals surface area (Å²) in [4.78, 5) is 15.1. The van der Waals surface area contributed by atoms with Gasteiger partial charge in [0.1, 0.15) is 0 Å². The maximum absolute atomic E-state index is 12.7. The Hall–Kier alpha value is -2.18. The Balaban J connectivity index is 1.29. The number of nitrogens with zero attached hydrogens (tertiary/aromatic N) is 3. The summed E-state index contributed by atoms with van der Waals surface area (Å²) in [5, 5.41) is 7.71. The molecule has 5 rings (SSSR count). The smallest absolute Gasteiger partial charge is 0.237 e. The van der Waals surface area contributed by atoms with Gasteiger partial charge < -0.3 is 10.1 Å². The minimum absolute atomic E-state index is 0.0848. The number of rotatable bonds is 6. The molecule has 1 aliphatic carbocycles. The van der Waals surface area contributed by atoms with E-state index in [9.17, 15) is 4.79 Å². The summed E-state index contributed by atoms with van der Waals surface area (Å²) >= 11 is 0. The number of carbonyl (C=O) groups is 1. The molecule has 1 amide bonds. The van der Waals surface area contributed by atoms with Crippen molar-refractivity contribution in [1.82, 2.24) is 20.0 Å². The third kappa shape index (κ3) is 3.64. The van der Waals surface area contributed by atoms with E-state index in [0.29, 0.717) is 12.1 Å². The summed E-state index contributed by atoms with van der Waals surface area (Å²) < 4.78 is 7.86. The Bertz CT molecular complexity index is 802. The second-order valence-electron chi connectivity index (χ2n) is 8.00. The number of nitrogens with one attached hydrogen (secondary N) is 1. The van der Waals surface area contributed by atoms with Crippen LogP contribution in [0.2, 0.25) is 0 Å². The van der Waals surface area contributed by atoms with Crippen LogP contribution in [0.25, 0.3) is 0 Å². The van der Waals surface area contributed by atoms with Crippen LogP contribution in [0.3, 0.4) is 0 Å². The Morgan fingerprint density at radius 3 is 2.81 bits per heavy atom. The van der Waals surface area contributed by atoms with Gasteiger partial charge in [-0.1, -0.05) is 30.3 Å². The van der Waals surface area contributed by atoms with E-state index in [1.807, 2.05) is 29.1 Å². The monoisotopic (exact) mass is 366 g/mol. The predicted molar refractivity (Wildman–Crippen MR) is 101 cm³/mol. The molecule has 1 aromatic carbocycles. The fourth-order valence-corrected chi connectivity index (χ4v) is 4.39. The van der Waals surface area contributed by atoms with Gasteiger partial charge in [0.2, 0.25) is 5.91 Å². The SMILES string of the molecule is O=C(NC1CC1)[C@@H]1C[C@@H]2OCC[C@@H]2N1Cc1cnn(Cc2ccccc2)c1. The Labute approximate surface area is 159 Å². The van der Waals surface area contributed by atoms with E-state index in [4.69, 9.17) is 4.74 Å². The van der Waals surface area contributed by atoms with Gasteiger partial charge in [0.15, 0.2) is 0 Å². The lowest BCUT2D eigenvalue weighted by Gasteiger charge is -2.27. The van der Waals surface area contributed by atoms with Gasteiger partial charge in [-0.05, 0) is 31.2 Å². The van der Waals surface area contributed by atoms with E-state index in [2.05, 4.69) is 33.6 Å². The van der Waals surface area contributed by atoms with Gasteiger partial charge in [-0.2, -0.15) is 5.10 Å². The van der Waals surface area contributed by atoms with Crippen LogP contribution in [0.4, 0.5) is 0 Å². The number of hydrogen-bond donors (Lipinski definition) is 1. The number of likely N-dealkylation sites (tertiary alicyclic amines) is 1. The molecule has 0 spiro atoms. The summed E-state index contributed by atoms with van der Waals surface area (Å²) in [5.41, 5.74) is 2.39. The average Bonchev–Trinajstić information content (AvgIpc) is 3.06. The number of aromatic nitrogens is 2. The van der Waals surface area contributed by atoms with Crippen LogP contribution in [0.5, 0.6) is 0 Å². The van der Waals surface area contributed by atoms with E-state index in [1.165, 1.54) is 5.56 Å². The predicted octanol–water partition coefficient (Wildman–Crippen LogP) is 1.94. The first-order valence-electron chi connectivity index (χ1n) is 9.99. The molecule has 2 aromatic rings. The van der Waals surface area contributed by atoms with Crippen molar-refractivity contribution in [3.63, 3.8) is 0 Å². The first-order valence-corrected chi connectivity index (χ1v) is 9.99. The fourth-order valence-electron chi connectivity index (χ4n) is 4.39. The molecule has 1 saturated carbocycles. The summed E-state index contributed by atoms with van der Waals surface area (Å²) in [7, 11) is 0. The summed E-state index contributed by atoms with van der Waals surface area (Å²) in [6, 6.07) is 11.0. The van der Waals surface area contributed by atoms with E-state index in [0.717, 1.165) is 50.9 Å². The largest absolute Gasteiger partial charge is 0.376 e. The quantitative estimate of drug-likeness (QED) is 0.849. The highest BCUT2D eigenvalue weighted by molar-refractivity contribution is 5.82. The first kappa shape index (κ1) is 17.0. The van der Waals surface area contributed by atoms with Crippen molar-refractivity contribution in [1.29, 1.82) is 0 Å². The van der Waals surface area contributed by atoms with Crippen molar-refractivity contribution < 1.29 is 9.53 Å². The Morgan fingerprint density at radius 1 is 1.15 bits per heavy atom. The Morgan fingerprint density at radius 2 is 2.00 bits per heavy atom. The van der Waals surface area contributed by atoms with Crippen LogP contribution in [-0.4, -0.2) is 51.4 Å². The van der Waals surface area contributed by atoms with Crippen LogP contribution >= 0.6 is 0 Å². The van der Waals surface area contributed by atoms with E-state index >= 15 is 0 Å². The molecule has 3 heterocycles. The molecule has 1 N–H and O–H groups in total. The van der Waals surface area contributed by atoms with Crippen molar-refractivity contribution in [2.45, 2.75) is 63.0 Å². The first-order chi connectivity index (χ1) is 13.3. The van der Waals surface area contributed by atoms with Crippen LogP contribution in [0.1, 0.15) is 36.8 Å². The molecule has 142 valence electrons. The number of hydrogen-bond acceptors (Lipinski definition) is 4. The molecular weight excluding hydrogens is 340 g/mol. The minimum atomic E-state index is -0.0848. The van der Waals surface area contributed by atoms with E-state index in [1.54, 1.807) is 0 Å². The zero-order valence-corrected chi connectivity index (χ0v) is 15.5. The molecule has 3 fully saturated rings. The van der Waals surface area contributed by atoms with E-state index in [-0.39, 0.29) is 18.1 Å². The van der Waals surface area contributed by atoms with Crippen molar-refractivity contribution >= 4 is 5.91 Å². The highest BCUT2D eigenvalue weighted by Crippen LogP contribution is 2.35.